The number of carbonyl (C=O) groups is 2. The highest BCUT2D eigenvalue weighted by Gasteiger charge is 2.27. The Morgan fingerprint density at radius 1 is 1.21 bits per heavy atom. The van der Waals surface area contributed by atoms with Crippen LogP contribution in [0.15, 0.2) is 35.7 Å². The van der Waals surface area contributed by atoms with Gasteiger partial charge in [0, 0.05) is 5.69 Å². The molecule has 0 radical (unpaired) electrons. The van der Waals surface area contributed by atoms with E-state index in [-0.39, 0.29) is 5.78 Å². The molecular weight excluding hydrogens is 392 g/mol. The second kappa shape index (κ2) is 8.52. The van der Waals surface area contributed by atoms with Gasteiger partial charge in [-0.25, -0.2) is 4.79 Å². The van der Waals surface area contributed by atoms with Gasteiger partial charge in [-0.3, -0.25) is 9.36 Å². The minimum absolute atomic E-state index is 0.139. The minimum atomic E-state index is -0.466. The zero-order chi connectivity index (χ0) is 21.1. The number of hydrogen-bond acceptors (Lipinski definition) is 7. The van der Waals surface area contributed by atoms with Gasteiger partial charge in [-0.05, 0) is 38.5 Å². The van der Waals surface area contributed by atoms with Crippen LogP contribution >= 0.6 is 11.8 Å². The summed E-state index contributed by atoms with van der Waals surface area (Å²) in [5.74, 6) is 0.0681. The number of carbonyl (C=O) groups excluding carboxylic acids is 2. The topological polar surface area (TPSA) is 99.1 Å². The molecule has 1 aromatic carbocycles. The monoisotopic (exact) mass is 414 g/mol. The predicted molar refractivity (Wildman–Crippen MR) is 109 cm³/mol. The summed E-state index contributed by atoms with van der Waals surface area (Å²) < 4.78 is 12.0. The number of nitrogens with zero attached hydrogens (tertiary/aromatic N) is 3. The second-order valence-electron chi connectivity index (χ2n) is 6.40. The largest absolute Gasteiger partial charge is 0.495 e. The molecule has 0 fully saturated rings. The summed E-state index contributed by atoms with van der Waals surface area (Å²) in [6.07, 6.45) is 1.58. The highest BCUT2D eigenvalue weighted by atomic mass is 32.2. The van der Waals surface area contributed by atoms with E-state index in [1.165, 1.54) is 18.9 Å². The van der Waals surface area contributed by atoms with Crippen molar-refractivity contribution in [2.24, 2.45) is 0 Å². The number of H-pyrrole nitrogens is 1. The highest BCUT2D eigenvalue weighted by Crippen LogP contribution is 2.30. The van der Waals surface area contributed by atoms with E-state index in [2.05, 4.69) is 15.2 Å². The van der Waals surface area contributed by atoms with E-state index in [0.717, 1.165) is 5.69 Å². The van der Waals surface area contributed by atoms with Gasteiger partial charge >= 0.3 is 5.97 Å². The average molecular weight is 414 g/mol. The third kappa shape index (κ3) is 3.91. The number of Topliss-reactive ketones (excluding diaryl/α,β-unsaturated/α-hetero) is 1. The van der Waals surface area contributed by atoms with E-state index >= 15 is 0 Å². The van der Waals surface area contributed by atoms with Crippen molar-refractivity contribution in [3.63, 3.8) is 0 Å². The third-order valence-electron chi connectivity index (χ3n) is 4.59. The summed E-state index contributed by atoms with van der Waals surface area (Å²) in [4.78, 5) is 28.1. The summed E-state index contributed by atoms with van der Waals surface area (Å²) in [5, 5.41) is 8.24. The van der Waals surface area contributed by atoms with Crippen molar-refractivity contribution in [1.82, 2.24) is 19.7 Å². The summed E-state index contributed by atoms with van der Waals surface area (Å²) in [5.41, 5.74) is 2.75. The van der Waals surface area contributed by atoms with Crippen LogP contribution in [0.3, 0.4) is 0 Å². The van der Waals surface area contributed by atoms with E-state index in [9.17, 15) is 9.59 Å². The molecule has 3 rings (SSSR count). The standard InChI is InChI=1S/C20H22N4O4S/c1-11-16(19(26)28-5)12(2)22-17(11)18(25)13(3)29-20-23-21-10-24(20)14-8-6-7-9-15(14)27-4/h6-10,13,22H,1-5H3/t13-/m1/s1. The summed E-state index contributed by atoms with van der Waals surface area (Å²) in [6, 6.07) is 7.50. The number of nitrogens with one attached hydrogen (secondary N) is 1. The number of methoxy groups -OCH3 is 2. The van der Waals surface area contributed by atoms with Crippen LogP contribution in [0.4, 0.5) is 0 Å². The van der Waals surface area contributed by atoms with Gasteiger partial charge in [0.2, 0.25) is 0 Å². The Labute approximate surface area is 172 Å². The molecule has 0 aliphatic rings. The average Bonchev–Trinajstić information content (AvgIpc) is 3.30. The number of ether oxygens (including phenoxy) is 2. The van der Waals surface area contributed by atoms with Gasteiger partial charge < -0.3 is 14.5 Å². The number of para-hydroxylation sites is 2. The molecule has 2 heterocycles. The second-order valence-corrected chi connectivity index (χ2v) is 7.70. The minimum Gasteiger partial charge on any atom is -0.495 e. The number of benzene rings is 1. The van der Waals surface area contributed by atoms with Gasteiger partial charge in [0.15, 0.2) is 10.9 Å². The summed E-state index contributed by atoms with van der Waals surface area (Å²) in [6.45, 7) is 5.27. The van der Waals surface area contributed by atoms with E-state index in [1.807, 2.05) is 24.3 Å². The molecule has 0 saturated carbocycles. The number of hydrogen-bond donors (Lipinski definition) is 1. The van der Waals surface area contributed by atoms with Crippen LogP contribution in [-0.4, -0.2) is 51.0 Å². The van der Waals surface area contributed by atoms with Crippen LogP contribution in [0, 0.1) is 13.8 Å². The van der Waals surface area contributed by atoms with Gasteiger partial charge in [-0.15, -0.1) is 10.2 Å². The first-order chi connectivity index (χ1) is 13.9. The van der Waals surface area contributed by atoms with Crippen LogP contribution in [0.25, 0.3) is 5.69 Å². The Morgan fingerprint density at radius 2 is 1.93 bits per heavy atom. The molecule has 0 spiro atoms. The molecule has 0 bridgehead atoms. The van der Waals surface area contributed by atoms with Gasteiger partial charge in [0.1, 0.15) is 12.1 Å². The molecule has 0 aliphatic heterocycles. The number of thioether (sulfide) groups is 1. The van der Waals surface area contributed by atoms with Crippen LogP contribution in [-0.2, 0) is 4.74 Å². The van der Waals surface area contributed by atoms with Crippen LogP contribution < -0.4 is 4.74 Å². The Kier molecular flexibility index (Phi) is 6.07. The Bertz CT molecular complexity index is 1060. The molecule has 152 valence electrons. The normalized spacial score (nSPS) is 11.9. The maximum absolute atomic E-state index is 13.1. The molecule has 1 atom stereocenters. The molecule has 2 aromatic heterocycles. The van der Waals surface area contributed by atoms with Gasteiger partial charge in [-0.1, -0.05) is 23.9 Å². The Hall–Kier alpha value is -3.07. The van der Waals surface area contributed by atoms with Crippen molar-refractivity contribution < 1.29 is 19.1 Å². The van der Waals surface area contributed by atoms with Crippen molar-refractivity contribution >= 4 is 23.5 Å². The molecule has 0 saturated heterocycles. The van der Waals surface area contributed by atoms with Crippen molar-refractivity contribution in [3.8, 4) is 11.4 Å². The molecule has 0 amide bonds. The highest BCUT2D eigenvalue weighted by molar-refractivity contribution is 8.00. The molecule has 1 N–H and O–H groups in total. The number of aromatic nitrogens is 4. The molecule has 3 aromatic rings. The third-order valence-corrected chi connectivity index (χ3v) is 5.64. The molecule has 0 unspecified atom stereocenters. The lowest BCUT2D eigenvalue weighted by Crippen LogP contribution is -2.16. The number of ketones is 1. The van der Waals surface area contributed by atoms with Gasteiger partial charge in [0.05, 0.1) is 36.4 Å². The lowest BCUT2D eigenvalue weighted by molar-refractivity contribution is 0.0599. The predicted octanol–water partition coefficient (Wildman–Crippen LogP) is 3.37. The SMILES string of the molecule is COC(=O)c1c(C)[nH]c(C(=O)[C@@H](C)Sc2nncn2-c2ccccc2OC)c1C. The van der Waals surface area contributed by atoms with Crippen LogP contribution in [0.2, 0.25) is 0 Å². The fourth-order valence-electron chi connectivity index (χ4n) is 3.12. The first-order valence-electron chi connectivity index (χ1n) is 8.90. The van der Waals surface area contributed by atoms with Crippen molar-refractivity contribution in [2.75, 3.05) is 14.2 Å². The van der Waals surface area contributed by atoms with E-state index < -0.39 is 11.2 Å². The lowest BCUT2D eigenvalue weighted by Gasteiger charge is -2.13. The molecular formula is C20H22N4O4S. The zero-order valence-corrected chi connectivity index (χ0v) is 17.7. The fourth-order valence-corrected chi connectivity index (χ4v) is 4.01. The van der Waals surface area contributed by atoms with Gasteiger partial charge in [-0.2, -0.15) is 0 Å². The maximum atomic E-state index is 13.1. The molecule has 0 aliphatic carbocycles. The lowest BCUT2D eigenvalue weighted by atomic mass is 10.1. The first kappa shape index (κ1) is 20.7. The smallest absolute Gasteiger partial charge is 0.339 e. The molecule has 8 nitrogen and oxygen atoms in total. The van der Waals surface area contributed by atoms with Crippen LogP contribution in [0.5, 0.6) is 5.75 Å². The maximum Gasteiger partial charge on any atom is 0.339 e. The molecule has 9 heteroatoms. The number of rotatable bonds is 7. The number of aryl methyl sites for hydroxylation is 1. The van der Waals surface area contributed by atoms with Crippen LogP contribution in [0.1, 0.15) is 39.0 Å². The quantitative estimate of drug-likeness (QED) is 0.359. The number of aromatic amines is 1. The first-order valence-corrected chi connectivity index (χ1v) is 9.78. The van der Waals surface area contributed by atoms with Crippen molar-refractivity contribution in [1.29, 1.82) is 0 Å². The van der Waals surface area contributed by atoms with Crippen molar-refractivity contribution in [2.45, 2.75) is 31.2 Å². The van der Waals surface area contributed by atoms with E-state index in [1.54, 1.807) is 38.8 Å². The van der Waals surface area contributed by atoms with Gasteiger partial charge in [0.25, 0.3) is 0 Å². The summed E-state index contributed by atoms with van der Waals surface area (Å²) in [7, 11) is 2.91. The van der Waals surface area contributed by atoms with E-state index in [0.29, 0.717) is 33.4 Å². The Balaban J connectivity index is 1.87. The molecule has 29 heavy (non-hydrogen) atoms. The summed E-state index contributed by atoms with van der Waals surface area (Å²) >= 11 is 1.28. The number of esters is 1. The van der Waals surface area contributed by atoms with E-state index in [4.69, 9.17) is 9.47 Å². The van der Waals surface area contributed by atoms with Crippen molar-refractivity contribution in [3.05, 3.63) is 53.1 Å². The Morgan fingerprint density at radius 3 is 2.62 bits per heavy atom. The fraction of sp³-hybridized carbons (Fsp3) is 0.300. The zero-order valence-electron chi connectivity index (χ0n) is 16.8.